The number of pyridine rings is 1. The predicted octanol–water partition coefficient (Wildman–Crippen LogP) is 3.60. The molecule has 2 heterocycles. The number of halogens is 1. The molecule has 88 valence electrons. The van der Waals surface area contributed by atoms with Crippen LogP contribution in [0.15, 0.2) is 28.4 Å². The molecule has 2 aromatic rings. The van der Waals surface area contributed by atoms with E-state index in [1.54, 1.807) is 6.20 Å². The van der Waals surface area contributed by atoms with E-state index >= 15 is 0 Å². The molecule has 0 radical (unpaired) electrons. The zero-order valence-electron chi connectivity index (χ0n) is 9.86. The van der Waals surface area contributed by atoms with E-state index in [1.165, 1.54) is 17.3 Å². The molecular weight excluding hydrogens is 254 g/mol. The van der Waals surface area contributed by atoms with Crippen molar-refractivity contribution in [3.05, 3.63) is 40.4 Å². The van der Waals surface area contributed by atoms with E-state index in [0.717, 1.165) is 21.3 Å². The predicted molar refractivity (Wildman–Crippen MR) is 69.6 cm³/mol. The zero-order valence-corrected chi connectivity index (χ0v) is 11.4. The Morgan fingerprint density at radius 2 is 1.88 bits per heavy atom. The van der Waals surface area contributed by atoms with Crippen LogP contribution in [0, 0.1) is 20.8 Å². The van der Waals surface area contributed by atoms with E-state index in [2.05, 4.69) is 21.9 Å². The lowest BCUT2D eigenvalue weighted by Gasteiger charge is -2.05. The van der Waals surface area contributed by atoms with Crippen LogP contribution in [0.25, 0.3) is 0 Å². The van der Waals surface area contributed by atoms with E-state index < -0.39 is 0 Å². The Kier molecular flexibility index (Phi) is 3.64. The standard InChI is InChI=1S/C12H12ClN3S/c1-7-4-9(3)15-10(5-7)17-11-8(2)6-14-12(13)16-11/h4-6H,1-3H3. The molecule has 0 bridgehead atoms. The zero-order chi connectivity index (χ0) is 12.4. The highest BCUT2D eigenvalue weighted by molar-refractivity contribution is 7.99. The first-order valence-corrected chi connectivity index (χ1v) is 6.36. The summed E-state index contributed by atoms with van der Waals surface area (Å²) >= 11 is 7.30. The van der Waals surface area contributed by atoms with Gasteiger partial charge in [0.1, 0.15) is 10.1 Å². The Bertz CT molecular complexity index is 537. The van der Waals surface area contributed by atoms with Gasteiger partial charge >= 0.3 is 0 Å². The van der Waals surface area contributed by atoms with Gasteiger partial charge in [0.25, 0.3) is 0 Å². The molecular formula is C12H12ClN3S. The van der Waals surface area contributed by atoms with Gasteiger partial charge in [-0.2, -0.15) is 0 Å². The molecule has 0 spiro atoms. The average molecular weight is 266 g/mol. The third-order valence-corrected chi connectivity index (χ3v) is 3.38. The highest BCUT2D eigenvalue weighted by Crippen LogP contribution is 2.28. The van der Waals surface area contributed by atoms with Crippen molar-refractivity contribution in [2.75, 3.05) is 0 Å². The third kappa shape index (κ3) is 3.17. The maximum Gasteiger partial charge on any atom is 0.223 e. The van der Waals surface area contributed by atoms with Gasteiger partial charge < -0.3 is 0 Å². The lowest BCUT2D eigenvalue weighted by Crippen LogP contribution is -1.92. The summed E-state index contributed by atoms with van der Waals surface area (Å²) in [6, 6.07) is 4.08. The summed E-state index contributed by atoms with van der Waals surface area (Å²) in [4.78, 5) is 12.6. The van der Waals surface area contributed by atoms with E-state index in [0.29, 0.717) is 0 Å². The summed E-state index contributed by atoms with van der Waals surface area (Å²) in [6.07, 6.45) is 1.72. The minimum absolute atomic E-state index is 0.266. The number of hydrogen-bond acceptors (Lipinski definition) is 4. The van der Waals surface area contributed by atoms with Crippen LogP contribution in [0.5, 0.6) is 0 Å². The second-order valence-electron chi connectivity index (χ2n) is 3.85. The summed E-state index contributed by atoms with van der Waals surface area (Å²) in [5, 5.41) is 2.05. The lowest BCUT2D eigenvalue weighted by molar-refractivity contribution is 0.989. The molecule has 0 aliphatic rings. The van der Waals surface area contributed by atoms with E-state index in [4.69, 9.17) is 11.6 Å². The van der Waals surface area contributed by atoms with Crippen molar-refractivity contribution in [3.63, 3.8) is 0 Å². The van der Waals surface area contributed by atoms with Crippen LogP contribution in [0.3, 0.4) is 0 Å². The molecule has 5 heteroatoms. The fraction of sp³-hybridized carbons (Fsp3) is 0.250. The molecule has 0 saturated heterocycles. The molecule has 2 aromatic heterocycles. The number of rotatable bonds is 2. The molecule has 0 N–H and O–H groups in total. The van der Waals surface area contributed by atoms with Crippen molar-refractivity contribution < 1.29 is 0 Å². The molecule has 0 fully saturated rings. The minimum Gasteiger partial charge on any atom is -0.246 e. The van der Waals surface area contributed by atoms with Gasteiger partial charge in [0.05, 0.1) is 0 Å². The Labute approximate surface area is 110 Å². The maximum absolute atomic E-state index is 5.79. The first-order chi connectivity index (χ1) is 8.04. The van der Waals surface area contributed by atoms with Gasteiger partial charge in [0, 0.05) is 17.5 Å². The highest BCUT2D eigenvalue weighted by atomic mass is 35.5. The minimum atomic E-state index is 0.266. The average Bonchev–Trinajstić information content (AvgIpc) is 2.22. The smallest absolute Gasteiger partial charge is 0.223 e. The lowest BCUT2D eigenvalue weighted by atomic mass is 10.3. The third-order valence-electron chi connectivity index (χ3n) is 2.17. The molecule has 0 atom stereocenters. The topological polar surface area (TPSA) is 38.7 Å². The maximum atomic E-state index is 5.79. The van der Waals surface area contributed by atoms with Gasteiger partial charge in [-0.1, -0.05) is 0 Å². The molecule has 0 aliphatic carbocycles. The van der Waals surface area contributed by atoms with Crippen molar-refractivity contribution in [1.82, 2.24) is 15.0 Å². The molecule has 2 rings (SSSR count). The van der Waals surface area contributed by atoms with Gasteiger partial charge in [-0.3, -0.25) is 0 Å². The largest absolute Gasteiger partial charge is 0.246 e. The number of aryl methyl sites for hydroxylation is 3. The molecule has 17 heavy (non-hydrogen) atoms. The van der Waals surface area contributed by atoms with Crippen LogP contribution in [0.1, 0.15) is 16.8 Å². The Hall–Kier alpha value is -1.13. The van der Waals surface area contributed by atoms with Crippen LogP contribution in [-0.2, 0) is 0 Å². The van der Waals surface area contributed by atoms with Crippen molar-refractivity contribution in [3.8, 4) is 0 Å². The van der Waals surface area contributed by atoms with E-state index in [1.807, 2.05) is 26.0 Å². The number of aromatic nitrogens is 3. The van der Waals surface area contributed by atoms with Crippen molar-refractivity contribution in [1.29, 1.82) is 0 Å². The quantitative estimate of drug-likeness (QED) is 0.614. The van der Waals surface area contributed by atoms with Crippen LogP contribution in [0.2, 0.25) is 5.28 Å². The summed E-state index contributed by atoms with van der Waals surface area (Å²) in [5.41, 5.74) is 3.20. The second kappa shape index (κ2) is 5.02. The first-order valence-electron chi connectivity index (χ1n) is 5.17. The molecule has 0 aromatic carbocycles. The van der Waals surface area contributed by atoms with Crippen LogP contribution in [-0.4, -0.2) is 15.0 Å². The highest BCUT2D eigenvalue weighted by Gasteiger charge is 2.06. The summed E-state index contributed by atoms with van der Waals surface area (Å²) in [6.45, 7) is 6.00. The van der Waals surface area contributed by atoms with E-state index in [9.17, 15) is 0 Å². The van der Waals surface area contributed by atoms with Gasteiger partial charge in [0.15, 0.2) is 0 Å². The monoisotopic (exact) mass is 265 g/mol. The summed E-state index contributed by atoms with van der Waals surface area (Å²) in [5.74, 6) is 0. The molecule has 0 amide bonds. The molecule has 0 unspecified atom stereocenters. The Balaban J connectivity index is 2.34. The summed E-state index contributed by atoms with van der Waals surface area (Å²) < 4.78 is 0. The Morgan fingerprint density at radius 1 is 1.12 bits per heavy atom. The van der Waals surface area contributed by atoms with Crippen LogP contribution < -0.4 is 0 Å². The van der Waals surface area contributed by atoms with Crippen molar-refractivity contribution in [2.24, 2.45) is 0 Å². The molecule has 3 nitrogen and oxygen atoms in total. The first kappa shape index (κ1) is 12.3. The van der Waals surface area contributed by atoms with Crippen LogP contribution >= 0.6 is 23.4 Å². The van der Waals surface area contributed by atoms with E-state index in [-0.39, 0.29) is 5.28 Å². The second-order valence-corrected chi connectivity index (χ2v) is 5.20. The number of nitrogens with zero attached hydrogens (tertiary/aromatic N) is 3. The SMILES string of the molecule is Cc1cc(C)nc(Sc2nc(Cl)ncc2C)c1. The van der Waals surface area contributed by atoms with Crippen LogP contribution in [0.4, 0.5) is 0 Å². The normalized spacial score (nSPS) is 10.6. The van der Waals surface area contributed by atoms with Gasteiger partial charge in [-0.05, 0) is 61.8 Å². The number of hydrogen-bond donors (Lipinski definition) is 0. The fourth-order valence-electron chi connectivity index (χ4n) is 1.47. The Morgan fingerprint density at radius 3 is 2.59 bits per heavy atom. The van der Waals surface area contributed by atoms with Gasteiger partial charge in [-0.15, -0.1) is 0 Å². The van der Waals surface area contributed by atoms with Crippen molar-refractivity contribution >= 4 is 23.4 Å². The van der Waals surface area contributed by atoms with Gasteiger partial charge in [-0.25, -0.2) is 15.0 Å². The summed E-state index contributed by atoms with van der Waals surface area (Å²) in [7, 11) is 0. The molecule has 0 saturated carbocycles. The molecule has 0 aliphatic heterocycles. The fourth-order valence-corrected chi connectivity index (χ4v) is 2.63. The van der Waals surface area contributed by atoms with Crippen molar-refractivity contribution in [2.45, 2.75) is 30.8 Å². The van der Waals surface area contributed by atoms with Gasteiger partial charge in [0.2, 0.25) is 5.28 Å².